The number of benzene rings is 2. The van der Waals surface area contributed by atoms with Gasteiger partial charge in [0.1, 0.15) is 17.0 Å². The lowest BCUT2D eigenvalue weighted by molar-refractivity contribution is 0.867. The van der Waals surface area contributed by atoms with Crippen LogP contribution in [-0.4, -0.2) is 9.97 Å². The molecule has 0 aliphatic carbocycles. The smallest absolute Gasteiger partial charge is 0.143 e. The summed E-state index contributed by atoms with van der Waals surface area (Å²) in [5.74, 6) is 1.33. The molecule has 0 unspecified atom stereocenters. The molecule has 0 amide bonds. The predicted molar refractivity (Wildman–Crippen MR) is 111 cm³/mol. The Morgan fingerprint density at radius 3 is 2.38 bits per heavy atom. The summed E-state index contributed by atoms with van der Waals surface area (Å²) in [6, 6.07) is 16.4. The van der Waals surface area contributed by atoms with E-state index in [2.05, 4.69) is 58.8 Å². The molecule has 2 heterocycles. The molecule has 130 valence electrons. The van der Waals surface area contributed by atoms with Crippen LogP contribution in [0.5, 0.6) is 0 Å². The molecule has 0 spiro atoms. The fraction of sp³-hybridized carbons (Fsp3) is 0.143. The van der Waals surface area contributed by atoms with Gasteiger partial charge in [0.2, 0.25) is 0 Å². The number of nitrogen functional groups attached to an aromatic ring is 1. The lowest BCUT2D eigenvalue weighted by Crippen LogP contribution is -1.96. The highest BCUT2D eigenvalue weighted by Gasteiger charge is 2.13. The van der Waals surface area contributed by atoms with E-state index >= 15 is 0 Å². The minimum Gasteiger partial charge on any atom is -0.399 e. The van der Waals surface area contributed by atoms with Gasteiger partial charge in [-0.05, 0) is 41.3 Å². The van der Waals surface area contributed by atoms with Gasteiger partial charge in [-0.15, -0.1) is 11.3 Å². The molecule has 2 aromatic carbocycles. The molecule has 4 aromatic rings. The normalized spacial score (nSPS) is 11.2. The van der Waals surface area contributed by atoms with E-state index < -0.39 is 0 Å². The summed E-state index contributed by atoms with van der Waals surface area (Å²) in [6.07, 6.45) is 1.60. The standard InChI is InChI=1S/C21H20N4S/c1-13(2)14-3-5-15(6-4-14)18-11-26-21-19(18)20(23-12-24-21)25-17-9-7-16(22)8-10-17/h3-13H,22H2,1-2H3,(H,23,24,25). The summed E-state index contributed by atoms with van der Waals surface area (Å²) in [5.41, 5.74) is 11.1. The van der Waals surface area contributed by atoms with E-state index in [0.29, 0.717) is 5.92 Å². The third-order valence-electron chi connectivity index (χ3n) is 4.43. The second-order valence-electron chi connectivity index (χ2n) is 6.58. The van der Waals surface area contributed by atoms with Crippen LogP contribution in [0.15, 0.2) is 60.2 Å². The maximum absolute atomic E-state index is 5.78. The van der Waals surface area contributed by atoms with E-state index in [0.717, 1.165) is 33.0 Å². The molecule has 2 aromatic heterocycles. The minimum absolute atomic E-state index is 0.523. The van der Waals surface area contributed by atoms with Crippen LogP contribution in [-0.2, 0) is 0 Å². The summed E-state index contributed by atoms with van der Waals surface area (Å²) in [4.78, 5) is 9.89. The summed E-state index contributed by atoms with van der Waals surface area (Å²) in [5, 5.41) is 6.60. The number of nitrogens with two attached hydrogens (primary N) is 1. The largest absolute Gasteiger partial charge is 0.399 e. The maximum Gasteiger partial charge on any atom is 0.143 e. The molecular formula is C21H20N4S. The number of anilines is 3. The molecule has 0 radical (unpaired) electrons. The summed E-state index contributed by atoms with van der Waals surface area (Å²) in [6.45, 7) is 4.41. The quantitative estimate of drug-likeness (QED) is 0.451. The zero-order valence-corrected chi connectivity index (χ0v) is 15.5. The Kier molecular flexibility index (Phi) is 4.31. The van der Waals surface area contributed by atoms with Crippen molar-refractivity contribution in [3.05, 3.63) is 65.8 Å². The predicted octanol–water partition coefficient (Wildman–Crippen LogP) is 5.81. The molecule has 4 nitrogen and oxygen atoms in total. The first-order valence-corrected chi connectivity index (χ1v) is 9.45. The Hall–Kier alpha value is -2.92. The maximum atomic E-state index is 5.78. The average molecular weight is 360 g/mol. The number of fused-ring (bicyclic) bond motifs is 1. The number of nitrogens with one attached hydrogen (secondary N) is 1. The van der Waals surface area contributed by atoms with Gasteiger partial charge in [0.15, 0.2) is 0 Å². The molecule has 5 heteroatoms. The fourth-order valence-electron chi connectivity index (χ4n) is 2.93. The van der Waals surface area contributed by atoms with E-state index in [9.17, 15) is 0 Å². The van der Waals surface area contributed by atoms with Gasteiger partial charge < -0.3 is 11.1 Å². The van der Waals surface area contributed by atoms with Crippen LogP contribution in [0.2, 0.25) is 0 Å². The number of rotatable bonds is 4. The van der Waals surface area contributed by atoms with E-state index in [-0.39, 0.29) is 0 Å². The lowest BCUT2D eigenvalue weighted by atomic mass is 9.99. The molecule has 0 bridgehead atoms. The Morgan fingerprint density at radius 2 is 1.69 bits per heavy atom. The second-order valence-corrected chi connectivity index (χ2v) is 7.43. The van der Waals surface area contributed by atoms with Crippen molar-refractivity contribution in [3.63, 3.8) is 0 Å². The molecule has 0 fully saturated rings. The Labute approximate surface area is 156 Å². The second kappa shape index (κ2) is 6.77. The van der Waals surface area contributed by atoms with Crippen molar-refractivity contribution in [1.29, 1.82) is 0 Å². The number of nitrogens with zero attached hydrogens (tertiary/aromatic N) is 2. The number of thiophene rings is 1. The zero-order valence-electron chi connectivity index (χ0n) is 14.7. The van der Waals surface area contributed by atoms with Crippen molar-refractivity contribution in [2.75, 3.05) is 11.1 Å². The molecular weight excluding hydrogens is 340 g/mol. The van der Waals surface area contributed by atoms with Crippen LogP contribution < -0.4 is 11.1 Å². The van der Waals surface area contributed by atoms with Gasteiger partial charge >= 0.3 is 0 Å². The van der Waals surface area contributed by atoms with Crippen molar-refractivity contribution in [2.45, 2.75) is 19.8 Å². The Morgan fingerprint density at radius 1 is 0.962 bits per heavy atom. The molecule has 0 aliphatic heterocycles. The molecule has 0 atom stereocenters. The summed E-state index contributed by atoms with van der Waals surface area (Å²) in [7, 11) is 0. The van der Waals surface area contributed by atoms with Gasteiger partial charge in [0.25, 0.3) is 0 Å². The first kappa shape index (κ1) is 16.5. The van der Waals surface area contributed by atoms with E-state index in [1.54, 1.807) is 17.7 Å². The van der Waals surface area contributed by atoms with Gasteiger partial charge in [0, 0.05) is 22.3 Å². The molecule has 3 N–H and O–H groups in total. The SMILES string of the molecule is CC(C)c1ccc(-c2csc3ncnc(Nc4ccc(N)cc4)c23)cc1. The van der Waals surface area contributed by atoms with E-state index in [4.69, 9.17) is 5.73 Å². The lowest BCUT2D eigenvalue weighted by Gasteiger charge is -2.10. The number of hydrogen-bond acceptors (Lipinski definition) is 5. The third kappa shape index (κ3) is 3.13. The van der Waals surface area contributed by atoms with Crippen LogP contribution in [0.4, 0.5) is 17.2 Å². The summed E-state index contributed by atoms with van der Waals surface area (Å²) >= 11 is 1.64. The highest BCUT2D eigenvalue weighted by Crippen LogP contribution is 2.37. The first-order chi connectivity index (χ1) is 12.6. The van der Waals surface area contributed by atoms with Crippen LogP contribution >= 0.6 is 11.3 Å². The van der Waals surface area contributed by atoms with Crippen LogP contribution in [0, 0.1) is 0 Å². The Bertz CT molecular complexity index is 1030. The molecule has 4 rings (SSSR count). The highest BCUT2D eigenvalue weighted by molar-refractivity contribution is 7.17. The number of hydrogen-bond donors (Lipinski definition) is 2. The van der Waals surface area contributed by atoms with Gasteiger partial charge in [-0.2, -0.15) is 0 Å². The van der Waals surface area contributed by atoms with Crippen molar-refractivity contribution in [3.8, 4) is 11.1 Å². The summed E-state index contributed by atoms with van der Waals surface area (Å²) < 4.78 is 0. The highest BCUT2D eigenvalue weighted by atomic mass is 32.1. The van der Waals surface area contributed by atoms with Crippen LogP contribution in [0.25, 0.3) is 21.3 Å². The van der Waals surface area contributed by atoms with Gasteiger partial charge in [0.05, 0.1) is 5.39 Å². The molecule has 0 aliphatic rings. The van der Waals surface area contributed by atoms with E-state index in [1.165, 1.54) is 11.1 Å². The first-order valence-electron chi connectivity index (χ1n) is 8.57. The topological polar surface area (TPSA) is 63.8 Å². The Balaban J connectivity index is 1.77. The van der Waals surface area contributed by atoms with Crippen molar-refractivity contribution in [2.24, 2.45) is 0 Å². The molecule has 26 heavy (non-hydrogen) atoms. The zero-order chi connectivity index (χ0) is 18.1. The van der Waals surface area contributed by atoms with Crippen LogP contribution in [0.1, 0.15) is 25.3 Å². The van der Waals surface area contributed by atoms with E-state index in [1.807, 2.05) is 24.3 Å². The average Bonchev–Trinajstić information content (AvgIpc) is 3.09. The number of aromatic nitrogens is 2. The van der Waals surface area contributed by atoms with Gasteiger partial charge in [-0.3, -0.25) is 0 Å². The van der Waals surface area contributed by atoms with Crippen molar-refractivity contribution >= 4 is 38.7 Å². The fourth-order valence-corrected chi connectivity index (χ4v) is 3.85. The third-order valence-corrected chi connectivity index (χ3v) is 5.32. The molecule has 0 saturated heterocycles. The molecule has 0 saturated carbocycles. The monoisotopic (exact) mass is 360 g/mol. The van der Waals surface area contributed by atoms with Crippen molar-refractivity contribution < 1.29 is 0 Å². The van der Waals surface area contributed by atoms with Crippen LogP contribution in [0.3, 0.4) is 0 Å². The van der Waals surface area contributed by atoms with Crippen molar-refractivity contribution in [1.82, 2.24) is 9.97 Å². The van der Waals surface area contributed by atoms with Gasteiger partial charge in [-0.1, -0.05) is 38.1 Å². The minimum atomic E-state index is 0.523. The van der Waals surface area contributed by atoms with Gasteiger partial charge in [-0.25, -0.2) is 9.97 Å².